The number of nitrogens with zero attached hydrogens (tertiary/aromatic N) is 1. The Morgan fingerprint density at radius 1 is 1.20 bits per heavy atom. The maximum Gasteiger partial charge on any atom is 0.325 e. The molecule has 1 saturated heterocycles. The van der Waals surface area contributed by atoms with Gasteiger partial charge in [-0.2, -0.15) is 0 Å². The fourth-order valence-corrected chi connectivity index (χ4v) is 2.54. The van der Waals surface area contributed by atoms with E-state index in [9.17, 15) is 9.59 Å². The molecule has 0 aromatic rings. The molecule has 1 aliphatic rings. The Morgan fingerprint density at radius 2 is 1.75 bits per heavy atom. The predicted octanol–water partition coefficient (Wildman–Crippen LogP) is 1.74. The summed E-state index contributed by atoms with van der Waals surface area (Å²) in [5.41, 5.74) is -0.825. The highest BCUT2D eigenvalue weighted by Gasteiger charge is 2.48. The maximum absolute atomic E-state index is 12.4. The second-order valence-electron chi connectivity index (χ2n) is 5.62. The van der Waals surface area contributed by atoms with Gasteiger partial charge < -0.3 is 14.8 Å². The lowest BCUT2D eigenvalue weighted by Gasteiger charge is -2.25. The fraction of sp³-hybridized carbons (Fsp3) is 0.857. The largest absolute Gasteiger partial charge is 0.351 e. The van der Waals surface area contributed by atoms with E-state index in [-0.39, 0.29) is 18.5 Å². The van der Waals surface area contributed by atoms with Crippen LogP contribution in [0.1, 0.15) is 41.0 Å². The normalized spacial score (nSPS) is 23.1. The van der Waals surface area contributed by atoms with Gasteiger partial charge in [0.2, 0.25) is 0 Å². The lowest BCUT2D eigenvalue weighted by atomic mass is 9.91. The molecule has 6 heteroatoms. The summed E-state index contributed by atoms with van der Waals surface area (Å²) in [5, 5.41) is 2.78. The Hall–Kier alpha value is -1.14. The molecule has 0 radical (unpaired) electrons. The molecule has 0 aromatic heterocycles. The lowest BCUT2D eigenvalue weighted by molar-refractivity contribution is -0.153. The van der Waals surface area contributed by atoms with Crippen LogP contribution < -0.4 is 5.32 Å². The Morgan fingerprint density at radius 3 is 2.20 bits per heavy atom. The molecule has 0 bridgehead atoms. The van der Waals surface area contributed by atoms with Crippen LogP contribution in [0.25, 0.3) is 0 Å². The molecule has 0 aromatic carbocycles. The average molecular weight is 286 g/mol. The van der Waals surface area contributed by atoms with Crippen molar-refractivity contribution in [1.82, 2.24) is 10.2 Å². The van der Waals surface area contributed by atoms with Gasteiger partial charge in [-0.25, -0.2) is 4.79 Å². The molecule has 1 rings (SSSR count). The molecule has 116 valence electrons. The number of hydrogen-bond donors (Lipinski definition) is 1. The number of ether oxygens (including phenoxy) is 2. The smallest absolute Gasteiger partial charge is 0.325 e. The standard InChI is InChI=1S/C14H26N2O4/c1-6-19-11(20-7-2)9-16-12(17)14(5,8-10(3)4)15-13(16)18/h10-11H,6-9H2,1-5H3,(H,15,18)/t14-/m1/s1. The summed E-state index contributed by atoms with van der Waals surface area (Å²) < 4.78 is 10.8. The van der Waals surface area contributed by atoms with Gasteiger partial charge in [0.15, 0.2) is 6.29 Å². The minimum atomic E-state index is -0.825. The highest BCUT2D eigenvalue weighted by atomic mass is 16.7. The van der Waals surface area contributed by atoms with E-state index < -0.39 is 11.8 Å². The Bertz CT molecular complexity index is 353. The molecule has 3 amide bonds. The zero-order valence-electron chi connectivity index (χ0n) is 13.1. The number of carbonyl (C=O) groups excluding carboxylic acids is 2. The lowest BCUT2D eigenvalue weighted by Crippen LogP contribution is -2.45. The number of carbonyl (C=O) groups is 2. The van der Waals surface area contributed by atoms with Crippen molar-refractivity contribution in [3.8, 4) is 0 Å². The van der Waals surface area contributed by atoms with Gasteiger partial charge in [-0.1, -0.05) is 13.8 Å². The first-order valence-electron chi connectivity index (χ1n) is 7.21. The number of amides is 3. The highest BCUT2D eigenvalue weighted by Crippen LogP contribution is 2.25. The van der Waals surface area contributed by atoms with Gasteiger partial charge in [-0.05, 0) is 33.1 Å². The summed E-state index contributed by atoms with van der Waals surface area (Å²) in [6, 6.07) is -0.373. The van der Waals surface area contributed by atoms with Gasteiger partial charge in [0.05, 0.1) is 6.54 Å². The van der Waals surface area contributed by atoms with Gasteiger partial charge >= 0.3 is 6.03 Å². The quantitative estimate of drug-likeness (QED) is 0.545. The molecular weight excluding hydrogens is 260 g/mol. The maximum atomic E-state index is 12.4. The number of hydrogen-bond acceptors (Lipinski definition) is 4. The van der Waals surface area contributed by atoms with Crippen LogP contribution in [0.2, 0.25) is 0 Å². The van der Waals surface area contributed by atoms with E-state index in [2.05, 4.69) is 5.32 Å². The number of urea groups is 1. The monoisotopic (exact) mass is 286 g/mol. The predicted molar refractivity (Wildman–Crippen MR) is 75.1 cm³/mol. The molecule has 1 aliphatic heterocycles. The van der Waals surface area contributed by atoms with Gasteiger partial charge in [-0.3, -0.25) is 9.69 Å². The summed E-state index contributed by atoms with van der Waals surface area (Å²) in [6.45, 7) is 10.6. The third-order valence-corrected chi connectivity index (χ3v) is 3.20. The van der Waals surface area contributed by atoms with Crippen molar-refractivity contribution in [1.29, 1.82) is 0 Å². The zero-order valence-corrected chi connectivity index (χ0v) is 13.1. The second kappa shape index (κ2) is 7.04. The van der Waals surface area contributed by atoms with E-state index >= 15 is 0 Å². The molecule has 1 atom stereocenters. The number of nitrogens with one attached hydrogen (secondary N) is 1. The third-order valence-electron chi connectivity index (χ3n) is 3.20. The van der Waals surface area contributed by atoms with Crippen LogP contribution in [0.15, 0.2) is 0 Å². The Labute approximate surface area is 120 Å². The van der Waals surface area contributed by atoms with E-state index in [1.807, 2.05) is 27.7 Å². The fourth-order valence-electron chi connectivity index (χ4n) is 2.54. The van der Waals surface area contributed by atoms with Crippen LogP contribution >= 0.6 is 0 Å². The first-order chi connectivity index (χ1) is 9.34. The minimum Gasteiger partial charge on any atom is -0.351 e. The molecule has 6 nitrogen and oxygen atoms in total. The molecule has 0 unspecified atom stereocenters. The highest BCUT2D eigenvalue weighted by molar-refractivity contribution is 6.06. The van der Waals surface area contributed by atoms with E-state index in [4.69, 9.17) is 9.47 Å². The molecule has 20 heavy (non-hydrogen) atoms. The van der Waals surface area contributed by atoms with E-state index in [0.717, 1.165) is 0 Å². The number of rotatable bonds is 8. The van der Waals surface area contributed by atoms with Crippen molar-refractivity contribution in [2.24, 2.45) is 5.92 Å². The molecule has 1 N–H and O–H groups in total. The third kappa shape index (κ3) is 3.93. The first-order valence-corrected chi connectivity index (χ1v) is 7.21. The summed E-state index contributed by atoms with van der Waals surface area (Å²) in [4.78, 5) is 25.7. The van der Waals surface area contributed by atoms with Gasteiger partial charge in [0, 0.05) is 13.2 Å². The molecular formula is C14H26N2O4. The van der Waals surface area contributed by atoms with Gasteiger partial charge in [0.25, 0.3) is 5.91 Å². The van der Waals surface area contributed by atoms with Crippen LogP contribution in [-0.4, -0.2) is 48.4 Å². The molecule has 1 fully saturated rings. The van der Waals surface area contributed by atoms with E-state index in [1.165, 1.54) is 4.90 Å². The van der Waals surface area contributed by atoms with Gasteiger partial charge in [-0.15, -0.1) is 0 Å². The second-order valence-corrected chi connectivity index (χ2v) is 5.62. The molecule has 1 heterocycles. The zero-order chi connectivity index (χ0) is 15.3. The van der Waals surface area contributed by atoms with Crippen molar-refractivity contribution < 1.29 is 19.1 Å². The van der Waals surface area contributed by atoms with Crippen LogP contribution in [0.4, 0.5) is 4.79 Å². The first kappa shape index (κ1) is 16.9. The van der Waals surface area contributed by atoms with Crippen LogP contribution in [0.3, 0.4) is 0 Å². The summed E-state index contributed by atoms with van der Waals surface area (Å²) >= 11 is 0. The van der Waals surface area contributed by atoms with Crippen molar-refractivity contribution in [2.45, 2.75) is 52.9 Å². The van der Waals surface area contributed by atoms with Crippen LogP contribution in [-0.2, 0) is 14.3 Å². The van der Waals surface area contributed by atoms with Crippen LogP contribution in [0.5, 0.6) is 0 Å². The average Bonchev–Trinajstić information content (AvgIpc) is 2.52. The Balaban J connectivity index is 2.75. The topological polar surface area (TPSA) is 67.9 Å². The summed E-state index contributed by atoms with van der Waals surface area (Å²) in [7, 11) is 0. The molecule has 0 aliphatic carbocycles. The molecule has 0 spiro atoms. The Kier molecular flexibility index (Phi) is 5.95. The van der Waals surface area contributed by atoms with Gasteiger partial charge in [0.1, 0.15) is 5.54 Å². The summed E-state index contributed by atoms with van der Waals surface area (Å²) in [6.07, 6.45) is 0.0447. The van der Waals surface area contributed by atoms with Crippen molar-refractivity contribution in [3.05, 3.63) is 0 Å². The van der Waals surface area contributed by atoms with Crippen LogP contribution in [0, 0.1) is 5.92 Å². The van der Waals surface area contributed by atoms with Crippen molar-refractivity contribution >= 4 is 11.9 Å². The number of imide groups is 1. The van der Waals surface area contributed by atoms with E-state index in [0.29, 0.717) is 25.6 Å². The minimum absolute atomic E-state index is 0.125. The summed E-state index contributed by atoms with van der Waals surface area (Å²) in [5.74, 6) is 0.111. The molecule has 0 saturated carbocycles. The van der Waals surface area contributed by atoms with Crippen molar-refractivity contribution in [3.63, 3.8) is 0 Å². The SMILES string of the molecule is CCOC(CN1C(=O)N[C@](C)(CC(C)C)C1=O)OCC. The van der Waals surface area contributed by atoms with E-state index in [1.54, 1.807) is 6.92 Å². The van der Waals surface area contributed by atoms with Crippen molar-refractivity contribution in [2.75, 3.05) is 19.8 Å².